The number of rotatable bonds is 6. The molecule has 1 aromatic rings. The summed E-state index contributed by atoms with van der Waals surface area (Å²) in [5, 5.41) is 2.57. The molecule has 0 aliphatic heterocycles. The molecule has 1 atom stereocenters. The summed E-state index contributed by atoms with van der Waals surface area (Å²) in [4.78, 5) is 27.0. The Balaban J connectivity index is 2.47. The third-order valence-corrected chi connectivity index (χ3v) is 2.25. The summed E-state index contributed by atoms with van der Waals surface area (Å²) < 4.78 is 9.76. The number of carbonyl (C=O) groups excluding carboxylic acids is 2. The van der Waals surface area contributed by atoms with E-state index < -0.39 is 12.1 Å². The number of nitrogen functional groups attached to an aromatic ring is 1. The molecular formula is C12H17N3O4. The molecule has 0 saturated heterocycles. The normalized spacial score (nSPS) is 11.7. The molecule has 7 nitrogen and oxygen atoms in total. The Morgan fingerprint density at radius 2 is 2.21 bits per heavy atom. The molecule has 1 aromatic heterocycles. The summed E-state index contributed by atoms with van der Waals surface area (Å²) in [5.41, 5.74) is 6.00. The first kappa shape index (κ1) is 14.9. The van der Waals surface area contributed by atoms with E-state index in [0.29, 0.717) is 18.8 Å². The van der Waals surface area contributed by atoms with E-state index in [2.05, 4.69) is 10.3 Å². The zero-order valence-corrected chi connectivity index (χ0v) is 10.9. The quantitative estimate of drug-likeness (QED) is 0.554. The molecule has 1 heterocycles. The Morgan fingerprint density at radius 1 is 1.47 bits per heavy atom. The van der Waals surface area contributed by atoms with E-state index in [9.17, 15) is 9.59 Å². The Kier molecular flexibility index (Phi) is 5.74. The minimum Gasteiger partial charge on any atom is -0.448 e. The monoisotopic (exact) mass is 267 g/mol. The van der Waals surface area contributed by atoms with Crippen LogP contribution in [0.25, 0.3) is 0 Å². The smallest absolute Gasteiger partial charge is 0.357 e. The molecule has 0 aromatic carbocycles. The summed E-state index contributed by atoms with van der Waals surface area (Å²) in [6.07, 6.45) is 0.448. The third kappa shape index (κ3) is 4.92. The molecule has 0 fully saturated rings. The van der Waals surface area contributed by atoms with Crippen molar-refractivity contribution in [2.24, 2.45) is 0 Å². The standard InChI is InChI=1S/C12H17N3O4/c1-8(11(16)14-5-6-18-2)19-12(17)10-4-3-9(13)7-15-10/h3-4,7-8H,5-6,13H2,1-2H3,(H,14,16). The van der Waals surface area contributed by atoms with Crippen molar-refractivity contribution in [3.8, 4) is 0 Å². The number of amides is 1. The molecule has 104 valence electrons. The van der Waals surface area contributed by atoms with Gasteiger partial charge in [-0.1, -0.05) is 0 Å². The lowest BCUT2D eigenvalue weighted by Crippen LogP contribution is -2.37. The number of esters is 1. The van der Waals surface area contributed by atoms with Gasteiger partial charge in [-0.05, 0) is 19.1 Å². The summed E-state index contributed by atoms with van der Waals surface area (Å²) in [6, 6.07) is 2.97. The van der Waals surface area contributed by atoms with E-state index >= 15 is 0 Å². The first-order chi connectivity index (χ1) is 9.04. The second kappa shape index (κ2) is 7.32. The van der Waals surface area contributed by atoms with Crippen molar-refractivity contribution < 1.29 is 19.1 Å². The van der Waals surface area contributed by atoms with E-state index in [-0.39, 0.29) is 11.6 Å². The van der Waals surface area contributed by atoms with Crippen molar-refractivity contribution in [3.05, 3.63) is 24.0 Å². The molecule has 19 heavy (non-hydrogen) atoms. The predicted octanol–water partition coefficient (Wildman–Crippen LogP) is -0.0283. The summed E-state index contributed by atoms with van der Waals surface area (Å²) in [6.45, 7) is 2.24. The number of carbonyl (C=O) groups is 2. The lowest BCUT2D eigenvalue weighted by molar-refractivity contribution is -0.129. The second-order valence-electron chi connectivity index (χ2n) is 3.81. The van der Waals surface area contributed by atoms with Crippen LogP contribution in [0.3, 0.4) is 0 Å². The van der Waals surface area contributed by atoms with Gasteiger partial charge in [0.25, 0.3) is 5.91 Å². The second-order valence-corrected chi connectivity index (χ2v) is 3.81. The van der Waals surface area contributed by atoms with Crippen LogP contribution in [0.5, 0.6) is 0 Å². The number of hydrogen-bond acceptors (Lipinski definition) is 6. The van der Waals surface area contributed by atoms with Crippen molar-refractivity contribution in [1.29, 1.82) is 0 Å². The van der Waals surface area contributed by atoms with Gasteiger partial charge in [0.15, 0.2) is 6.10 Å². The molecule has 0 aliphatic carbocycles. The van der Waals surface area contributed by atoms with E-state index in [1.165, 1.54) is 32.4 Å². The Morgan fingerprint density at radius 3 is 2.79 bits per heavy atom. The lowest BCUT2D eigenvalue weighted by Gasteiger charge is -2.12. The topological polar surface area (TPSA) is 104 Å². The number of aromatic nitrogens is 1. The molecule has 0 bridgehead atoms. The van der Waals surface area contributed by atoms with Gasteiger partial charge < -0.3 is 20.5 Å². The highest BCUT2D eigenvalue weighted by Gasteiger charge is 2.19. The average molecular weight is 267 g/mol. The van der Waals surface area contributed by atoms with Crippen LogP contribution >= 0.6 is 0 Å². The van der Waals surface area contributed by atoms with Crippen LogP contribution in [-0.2, 0) is 14.3 Å². The average Bonchev–Trinajstić information content (AvgIpc) is 2.39. The number of ether oxygens (including phenoxy) is 2. The van der Waals surface area contributed by atoms with Gasteiger partial charge in [-0.2, -0.15) is 0 Å². The number of hydrogen-bond donors (Lipinski definition) is 2. The molecule has 1 amide bonds. The van der Waals surface area contributed by atoms with Gasteiger partial charge in [0.1, 0.15) is 5.69 Å². The zero-order valence-electron chi connectivity index (χ0n) is 10.9. The van der Waals surface area contributed by atoms with Crippen LogP contribution in [0.1, 0.15) is 17.4 Å². The van der Waals surface area contributed by atoms with Crippen LogP contribution in [-0.4, -0.2) is 43.2 Å². The van der Waals surface area contributed by atoms with Crippen LogP contribution in [0.4, 0.5) is 5.69 Å². The van der Waals surface area contributed by atoms with Crippen molar-refractivity contribution in [2.45, 2.75) is 13.0 Å². The van der Waals surface area contributed by atoms with E-state index in [1.54, 1.807) is 0 Å². The number of methoxy groups -OCH3 is 1. The number of nitrogens with one attached hydrogen (secondary N) is 1. The molecule has 0 radical (unpaired) electrons. The summed E-state index contributed by atoms with van der Waals surface area (Å²) in [7, 11) is 1.53. The Bertz CT molecular complexity index is 433. The van der Waals surface area contributed by atoms with Crippen molar-refractivity contribution in [2.75, 3.05) is 26.0 Å². The fourth-order valence-electron chi connectivity index (χ4n) is 1.22. The highest BCUT2D eigenvalue weighted by atomic mass is 16.5. The molecule has 0 spiro atoms. The maximum absolute atomic E-state index is 11.7. The van der Waals surface area contributed by atoms with E-state index in [4.69, 9.17) is 15.2 Å². The molecule has 7 heteroatoms. The Labute approximate surface area is 111 Å². The van der Waals surface area contributed by atoms with Crippen molar-refractivity contribution >= 4 is 17.6 Å². The van der Waals surface area contributed by atoms with Crippen LogP contribution < -0.4 is 11.1 Å². The highest BCUT2D eigenvalue weighted by Crippen LogP contribution is 2.04. The van der Waals surface area contributed by atoms with Gasteiger partial charge in [0.2, 0.25) is 0 Å². The van der Waals surface area contributed by atoms with Gasteiger partial charge in [-0.25, -0.2) is 9.78 Å². The first-order valence-corrected chi connectivity index (χ1v) is 5.73. The molecule has 1 rings (SSSR count). The molecule has 1 unspecified atom stereocenters. The SMILES string of the molecule is COCCNC(=O)C(C)OC(=O)c1ccc(N)cn1. The van der Waals surface area contributed by atoms with Crippen LogP contribution in [0.2, 0.25) is 0 Å². The van der Waals surface area contributed by atoms with Gasteiger partial charge in [-0.3, -0.25) is 4.79 Å². The maximum atomic E-state index is 11.7. The predicted molar refractivity (Wildman–Crippen MR) is 68.4 cm³/mol. The number of nitrogens with zero attached hydrogens (tertiary/aromatic N) is 1. The largest absolute Gasteiger partial charge is 0.448 e. The fraction of sp³-hybridized carbons (Fsp3) is 0.417. The van der Waals surface area contributed by atoms with Crippen molar-refractivity contribution in [1.82, 2.24) is 10.3 Å². The first-order valence-electron chi connectivity index (χ1n) is 5.73. The molecule has 0 aliphatic rings. The van der Waals surface area contributed by atoms with Gasteiger partial charge in [0.05, 0.1) is 18.5 Å². The number of anilines is 1. The van der Waals surface area contributed by atoms with Crippen LogP contribution in [0.15, 0.2) is 18.3 Å². The van der Waals surface area contributed by atoms with Gasteiger partial charge in [0, 0.05) is 13.7 Å². The van der Waals surface area contributed by atoms with Gasteiger partial charge >= 0.3 is 5.97 Å². The third-order valence-electron chi connectivity index (χ3n) is 2.25. The minimum absolute atomic E-state index is 0.103. The van der Waals surface area contributed by atoms with Crippen LogP contribution in [0, 0.1) is 0 Å². The lowest BCUT2D eigenvalue weighted by atomic mass is 10.3. The zero-order chi connectivity index (χ0) is 14.3. The minimum atomic E-state index is -0.899. The fourth-order valence-corrected chi connectivity index (χ4v) is 1.22. The molecule has 0 saturated carbocycles. The summed E-state index contributed by atoms with van der Waals surface area (Å²) >= 11 is 0. The maximum Gasteiger partial charge on any atom is 0.357 e. The molecule has 3 N–H and O–H groups in total. The van der Waals surface area contributed by atoms with E-state index in [0.717, 1.165) is 0 Å². The Hall–Kier alpha value is -2.15. The highest BCUT2D eigenvalue weighted by molar-refractivity contribution is 5.90. The van der Waals surface area contributed by atoms with E-state index in [1.807, 2.05) is 0 Å². The number of nitrogens with two attached hydrogens (primary N) is 1. The number of pyridine rings is 1. The summed E-state index contributed by atoms with van der Waals surface area (Å²) in [5.74, 6) is -1.06. The molecular weight excluding hydrogens is 250 g/mol. The van der Waals surface area contributed by atoms with Gasteiger partial charge in [-0.15, -0.1) is 0 Å². The van der Waals surface area contributed by atoms with Crippen molar-refractivity contribution in [3.63, 3.8) is 0 Å².